The Morgan fingerprint density at radius 1 is 0.923 bits per heavy atom. The molecule has 2 amide bonds. The van der Waals surface area contributed by atoms with Crippen LogP contribution < -0.4 is 10.6 Å². The summed E-state index contributed by atoms with van der Waals surface area (Å²) in [7, 11) is 0. The van der Waals surface area contributed by atoms with Gasteiger partial charge in [0, 0.05) is 20.0 Å². The van der Waals surface area contributed by atoms with Crippen molar-refractivity contribution in [2.45, 2.75) is 77.8 Å². The zero-order valence-corrected chi connectivity index (χ0v) is 18.4. The highest BCUT2D eigenvalue weighted by Gasteiger charge is 2.21. The van der Waals surface area contributed by atoms with E-state index in [4.69, 9.17) is 9.47 Å². The number of carbonyl (C=O) groups is 2. The normalized spacial score (nSPS) is 12.3. The zero-order valence-electron chi connectivity index (χ0n) is 17.6. The van der Waals surface area contributed by atoms with E-state index in [1.54, 1.807) is 11.8 Å². The van der Waals surface area contributed by atoms with Gasteiger partial charge in [-0.05, 0) is 45.8 Å². The van der Waals surface area contributed by atoms with E-state index >= 15 is 0 Å². The molecule has 0 aromatic rings. The second kappa shape index (κ2) is 12.6. The summed E-state index contributed by atoms with van der Waals surface area (Å²) >= 11 is 1.64. The highest BCUT2D eigenvalue weighted by atomic mass is 32.2. The fourth-order valence-electron chi connectivity index (χ4n) is 2.12. The summed E-state index contributed by atoms with van der Waals surface area (Å²) in [6, 6.07) is 0. The van der Waals surface area contributed by atoms with Crippen molar-refractivity contribution >= 4 is 23.6 Å². The van der Waals surface area contributed by atoms with Crippen LogP contribution in [0.3, 0.4) is 0 Å². The van der Waals surface area contributed by atoms with Crippen molar-refractivity contribution in [3.05, 3.63) is 0 Å². The minimum absolute atomic E-state index is 0.0271. The quantitative estimate of drug-likeness (QED) is 0.446. The van der Waals surface area contributed by atoms with Gasteiger partial charge < -0.3 is 20.1 Å². The van der Waals surface area contributed by atoms with Gasteiger partial charge in [-0.25, -0.2) is 0 Å². The first-order chi connectivity index (χ1) is 11.9. The fraction of sp³-hybridized carbons (Fsp3) is 0.895. The molecule has 0 fully saturated rings. The Hall–Kier alpha value is -0.790. The molecule has 0 aliphatic rings. The van der Waals surface area contributed by atoms with Crippen molar-refractivity contribution in [3.63, 3.8) is 0 Å². The Morgan fingerprint density at radius 2 is 1.38 bits per heavy atom. The molecule has 0 aliphatic carbocycles. The summed E-state index contributed by atoms with van der Waals surface area (Å²) in [5.41, 5.74) is -0.625. The average Bonchev–Trinajstić information content (AvgIpc) is 2.49. The largest absolute Gasteiger partial charge is 0.373 e. The van der Waals surface area contributed by atoms with E-state index in [9.17, 15) is 9.59 Å². The van der Waals surface area contributed by atoms with Crippen molar-refractivity contribution in [3.8, 4) is 0 Å². The second-order valence-corrected chi connectivity index (χ2v) is 9.47. The smallest absolute Gasteiger partial charge is 0.230 e. The summed E-state index contributed by atoms with van der Waals surface area (Å²) in [5, 5.41) is 6.17. The minimum Gasteiger partial charge on any atom is -0.373 e. The standard InChI is InChI=1S/C19H38N2O4S/c1-15(2)26-14-17(23)21-11-9-19(6,7)25-13-12-24-18(4,5)8-10-20-16(3)22/h15H,8-14H2,1-7H3,(H,20,22)(H,21,23). The summed E-state index contributed by atoms with van der Waals surface area (Å²) < 4.78 is 11.8. The maximum atomic E-state index is 11.7. The lowest BCUT2D eigenvalue weighted by molar-refractivity contribution is -0.120. The molecule has 0 radical (unpaired) electrons. The first-order valence-corrected chi connectivity index (χ1v) is 10.4. The van der Waals surface area contributed by atoms with Crippen LogP contribution in [0, 0.1) is 0 Å². The molecule has 0 aliphatic heterocycles. The molecule has 0 saturated heterocycles. The molecule has 0 aromatic heterocycles. The molecule has 0 bridgehead atoms. The molecule has 0 rings (SSSR count). The van der Waals surface area contributed by atoms with Gasteiger partial charge in [0.25, 0.3) is 0 Å². The number of nitrogens with one attached hydrogen (secondary N) is 2. The third kappa shape index (κ3) is 15.5. The van der Waals surface area contributed by atoms with Crippen LogP contribution in [0.1, 0.15) is 61.3 Å². The van der Waals surface area contributed by atoms with Crippen LogP contribution in [0.4, 0.5) is 0 Å². The molecule has 0 spiro atoms. The molecule has 0 aromatic carbocycles. The number of carbonyl (C=O) groups excluding carboxylic acids is 2. The number of ether oxygens (including phenoxy) is 2. The first-order valence-electron chi connectivity index (χ1n) is 9.34. The van der Waals surface area contributed by atoms with E-state index in [0.29, 0.717) is 37.3 Å². The molecule has 7 heteroatoms. The Bertz CT molecular complexity index is 426. The van der Waals surface area contributed by atoms with Gasteiger partial charge >= 0.3 is 0 Å². The van der Waals surface area contributed by atoms with E-state index in [1.165, 1.54) is 6.92 Å². The zero-order chi connectivity index (χ0) is 20.2. The van der Waals surface area contributed by atoms with E-state index in [0.717, 1.165) is 12.8 Å². The van der Waals surface area contributed by atoms with Crippen molar-refractivity contribution in [2.75, 3.05) is 32.1 Å². The van der Waals surface area contributed by atoms with Gasteiger partial charge in [0.1, 0.15) is 0 Å². The number of hydrogen-bond donors (Lipinski definition) is 2. The molecule has 0 atom stereocenters. The fourth-order valence-corrected chi connectivity index (χ4v) is 2.70. The summed E-state index contributed by atoms with van der Waals surface area (Å²) in [5.74, 6) is 0.546. The predicted molar refractivity (Wildman–Crippen MR) is 109 cm³/mol. The second-order valence-electron chi connectivity index (χ2n) is 7.91. The van der Waals surface area contributed by atoms with E-state index in [-0.39, 0.29) is 23.0 Å². The van der Waals surface area contributed by atoms with Crippen LogP contribution in [0.15, 0.2) is 0 Å². The Kier molecular flexibility index (Phi) is 12.2. The minimum atomic E-state index is -0.317. The SMILES string of the molecule is CC(=O)NCCC(C)(C)OCCOC(C)(C)CCNC(=O)CSC(C)C. The van der Waals surface area contributed by atoms with Crippen LogP contribution in [0.25, 0.3) is 0 Å². The summed E-state index contributed by atoms with van der Waals surface area (Å²) in [6.07, 6.45) is 1.49. The van der Waals surface area contributed by atoms with Crippen molar-refractivity contribution in [1.82, 2.24) is 10.6 Å². The number of thioether (sulfide) groups is 1. The van der Waals surface area contributed by atoms with Gasteiger partial charge in [-0.2, -0.15) is 0 Å². The Labute approximate surface area is 163 Å². The first kappa shape index (κ1) is 25.2. The van der Waals surface area contributed by atoms with Crippen LogP contribution in [-0.2, 0) is 19.1 Å². The third-order valence-corrected chi connectivity index (χ3v) is 4.86. The lowest BCUT2D eigenvalue weighted by Crippen LogP contribution is -2.36. The molecule has 2 N–H and O–H groups in total. The summed E-state index contributed by atoms with van der Waals surface area (Å²) in [4.78, 5) is 22.6. The third-order valence-electron chi connectivity index (χ3n) is 3.77. The number of hydrogen-bond acceptors (Lipinski definition) is 5. The van der Waals surface area contributed by atoms with Gasteiger partial charge in [0.15, 0.2) is 0 Å². The van der Waals surface area contributed by atoms with Gasteiger partial charge in [-0.15, -0.1) is 11.8 Å². The van der Waals surface area contributed by atoms with Crippen molar-refractivity contribution in [2.24, 2.45) is 0 Å². The molecule has 6 nitrogen and oxygen atoms in total. The Morgan fingerprint density at radius 3 is 1.81 bits per heavy atom. The molecule has 154 valence electrons. The van der Waals surface area contributed by atoms with E-state index in [2.05, 4.69) is 24.5 Å². The van der Waals surface area contributed by atoms with Crippen LogP contribution in [0.2, 0.25) is 0 Å². The van der Waals surface area contributed by atoms with Crippen LogP contribution >= 0.6 is 11.8 Å². The highest BCUT2D eigenvalue weighted by Crippen LogP contribution is 2.16. The molecular formula is C19H38N2O4S. The van der Waals surface area contributed by atoms with E-state index in [1.807, 2.05) is 27.7 Å². The molecule has 0 unspecified atom stereocenters. The topological polar surface area (TPSA) is 76.7 Å². The van der Waals surface area contributed by atoms with Gasteiger partial charge in [-0.3, -0.25) is 9.59 Å². The monoisotopic (exact) mass is 390 g/mol. The van der Waals surface area contributed by atoms with Gasteiger partial charge in [-0.1, -0.05) is 13.8 Å². The maximum Gasteiger partial charge on any atom is 0.230 e. The molecule has 0 saturated carbocycles. The van der Waals surface area contributed by atoms with Crippen molar-refractivity contribution < 1.29 is 19.1 Å². The predicted octanol–water partition coefficient (Wildman–Crippen LogP) is 2.75. The number of amides is 2. The van der Waals surface area contributed by atoms with Gasteiger partial charge in [0.2, 0.25) is 11.8 Å². The number of rotatable bonds is 14. The van der Waals surface area contributed by atoms with E-state index < -0.39 is 0 Å². The summed E-state index contributed by atoms with van der Waals surface area (Å²) in [6.45, 7) is 15.9. The molecule has 0 heterocycles. The van der Waals surface area contributed by atoms with Crippen molar-refractivity contribution in [1.29, 1.82) is 0 Å². The molecule has 26 heavy (non-hydrogen) atoms. The van der Waals surface area contributed by atoms with Crippen LogP contribution in [-0.4, -0.2) is 60.3 Å². The molecular weight excluding hydrogens is 352 g/mol. The Balaban J connectivity index is 3.88. The lowest BCUT2D eigenvalue weighted by atomic mass is 10.1. The van der Waals surface area contributed by atoms with Gasteiger partial charge in [0.05, 0.1) is 30.2 Å². The maximum absolute atomic E-state index is 11.7. The van der Waals surface area contributed by atoms with Crippen LogP contribution in [0.5, 0.6) is 0 Å². The average molecular weight is 391 g/mol. The lowest BCUT2D eigenvalue weighted by Gasteiger charge is -2.28. The highest BCUT2D eigenvalue weighted by molar-refractivity contribution is 8.00.